The zero-order valence-electron chi connectivity index (χ0n) is 9.19. The number of carbonyl (C=O) groups excluding carboxylic acids is 1. The van der Waals surface area contributed by atoms with Crippen molar-refractivity contribution in [1.29, 1.82) is 0 Å². The zero-order chi connectivity index (χ0) is 10.7. The van der Waals surface area contributed by atoms with E-state index in [1.54, 1.807) is 4.90 Å². The summed E-state index contributed by atoms with van der Waals surface area (Å²) in [6.07, 6.45) is 3.74. The quantitative estimate of drug-likeness (QED) is 0.643. The molecule has 1 aromatic heterocycles. The summed E-state index contributed by atoms with van der Waals surface area (Å²) in [5.74, 6) is 0.0659. The van der Waals surface area contributed by atoms with Gasteiger partial charge < -0.3 is 4.90 Å². The maximum Gasteiger partial charge on any atom is 0.259 e. The molecule has 1 amide bonds. The van der Waals surface area contributed by atoms with Gasteiger partial charge in [-0.2, -0.15) is 0 Å². The molecule has 1 heterocycles. The summed E-state index contributed by atoms with van der Waals surface area (Å²) in [5.41, 5.74) is 0.728. The number of aromatic nitrogens is 1. The number of rotatable bonds is 2. The van der Waals surface area contributed by atoms with Crippen LogP contribution in [0.15, 0.2) is 24.5 Å². The molecule has 3 heteroatoms. The summed E-state index contributed by atoms with van der Waals surface area (Å²) in [7, 11) is 3.73. The van der Waals surface area contributed by atoms with Crippen LogP contribution in [0.5, 0.6) is 0 Å². The number of nitrogens with zero attached hydrogens (tertiary/aromatic N) is 2. The van der Waals surface area contributed by atoms with E-state index in [-0.39, 0.29) is 11.9 Å². The van der Waals surface area contributed by atoms with Crippen LogP contribution in [0.2, 0.25) is 0 Å². The summed E-state index contributed by atoms with van der Waals surface area (Å²) < 4.78 is 1.88. The maximum atomic E-state index is 11.9. The summed E-state index contributed by atoms with van der Waals surface area (Å²) in [5, 5.41) is 0. The number of hydrogen-bond donors (Lipinski definition) is 0. The lowest BCUT2D eigenvalue weighted by atomic mass is 10.2. The van der Waals surface area contributed by atoms with Gasteiger partial charge in [0.2, 0.25) is 0 Å². The summed E-state index contributed by atoms with van der Waals surface area (Å²) >= 11 is 0. The highest BCUT2D eigenvalue weighted by Crippen LogP contribution is 2.03. The highest BCUT2D eigenvalue weighted by molar-refractivity contribution is 5.93. The van der Waals surface area contributed by atoms with Gasteiger partial charge in [0.25, 0.3) is 5.91 Å². The van der Waals surface area contributed by atoms with E-state index in [9.17, 15) is 4.79 Å². The van der Waals surface area contributed by atoms with Crippen molar-refractivity contribution in [2.24, 2.45) is 7.05 Å². The van der Waals surface area contributed by atoms with Crippen LogP contribution in [0.3, 0.4) is 0 Å². The number of pyridine rings is 1. The predicted molar refractivity (Wildman–Crippen MR) is 54.8 cm³/mol. The van der Waals surface area contributed by atoms with E-state index in [0.29, 0.717) is 0 Å². The highest BCUT2D eigenvalue weighted by Gasteiger charge is 2.15. The Morgan fingerprint density at radius 2 is 2.14 bits per heavy atom. The molecule has 0 spiro atoms. The molecule has 76 valence electrons. The van der Waals surface area contributed by atoms with Crippen molar-refractivity contribution in [2.45, 2.75) is 19.9 Å². The van der Waals surface area contributed by atoms with Gasteiger partial charge in [-0.3, -0.25) is 4.79 Å². The Bertz CT molecular complexity index is 334. The fourth-order valence-corrected chi connectivity index (χ4v) is 1.15. The molecule has 0 unspecified atom stereocenters. The van der Waals surface area contributed by atoms with Gasteiger partial charge >= 0.3 is 0 Å². The number of amides is 1. The molecule has 0 atom stereocenters. The minimum absolute atomic E-state index is 0.0659. The highest BCUT2D eigenvalue weighted by atomic mass is 16.2. The van der Waals surface area contributed by atoms with E-state index in [0.717, 1.165) is 5.56 Å². The Balaban J connectivity index is 2.89. The molecule has 0 N–H and O–H groups in total. The average molecular weight is 193 g/mol. The molecule has 3 nitrogen and oxygen atoms in total. The summed E-state index contributed by atoms with van der Waals surface area (Å²) in [6, 6.07) is 3.94. The van der Waals surface area contributed by atoms with Gasteiger partial charge in [-0.15, -0.1) is 0 Å². The lowest BCUT2D eigenvalue weighted by molar-refractivity contribution is -0.671. The number of carbonyl (C=O) groups is 1. The monoisotopic (exact) mass is 193 g/mol. The second-order valence-corrected chi connectivity index (χ2v) is 3.77. The second kappa shape index (κ2) is 4.22. The Morgan fingerprint density at radius 3 is 2.64 bits per heavy atom. The Hall–Kier alpha value is -1.38. The lowest BCUT2D eigenvalue weighted by Crippen LogP contribution is -2.35. The predicted octanol–water partition coefficient (Wildman–Crippen LogP) is 0.991. The molecule has 0 radical (unpaired) electrons. The van der Waals surface area contributed by atoms with Crippen molar-refractivity contribution in [2.75, 3.05) is 7.05 Å². The Kier molecular flexibility index (Phi) is 3.23. The van der Waals surface area contributed by atoms with Gasteiger partial charge in [0.05, 0.1) is 0 Å². The van der Waals surface area contributed by atoms with Crippen LogP contribution < -0.4 is 4.57 Å². The van der Waals surface area contributed by atoms with Crippen molar-refractivity contribution in [3.8, 4) is 0 Å². The minimum Gasteiger partial charge on any atom is -0.339 e. The van der Waals surface area contributed by atoms with Crippen molar-refractivity contribution in [1.82, 2.24) is 4.90 Å². The van der Waals surface area contributed by atoms with E-state index in [1.807, 2.05) is 57.0 Å². The summed E-state index contributed by atoms with van der Waals surface area (Å²) in [4.78, 5) is 13.6. The van der Waals surface area contributed by atoms with Gasteiger partial charge in [-0.05, 0) is 19.9 Å². The van der Waals surface area contributed by atoms with Crippen LogP contribution in [0.25, 0.3) is 0 Å². The van der Waals surface area contributed by atoms with E-state index in [1.165, 1.54) is 0 Å². The molecule has 0 aliphatic rings. The van der Waals surface area contributed by atoms with Gasteiger partial charge in [0, 0.05) is 19.2 Å². The molecule has 0 aliphatic carbocycles. The molecule has 1 rings (SSSR count). The minimum atomic E-state index is 0.0659. The van der Waals surface area contributed by atoms with E-state index >= 15 is 0 Å². The van der Waals surface area contributed by atoms with Crippen molar-refractivity contribution >= 4 is 5.91 Å². The van der Waals surface area contributed by atoms with Crippen LogP contribution >= 0.6 is 0 Å². The van der Waals surface area contributed by atoms with Crippen LogP contribution in [-0.4, -0.2) is 23.9 Å². The summed E-state index contributed by atoms with van der Waals surface area (Å²) in [6.45, 7) is 4.00. The average Bonchev–Trinajstić information content (AvgIpc) is 2.15. The van der Waals surface area contributed by atoms with Gasteiger partial charge in [0.1, 0.15) is 12.6 Å². The van der Waals surface area contributed by atoms with Gasteiger partial charge in [0.15, 0.2) is 12.4 Å². The largest absolute Gasteiger partial charge is 0.339 e. The molecule has 0 saturated carbocycles. The molecule has 14 heavy (non-hydrogen) atoms. The fourth-order valence-electron chi connectivity index (χ4n) is 1.15. The van der Waals surface area contributed by atoms with Crippen LogP contribution in [0.1, 0.15) is 24.2 Å². The maximum absolute atomic E-state index is 11.9. The molecular weight excluding hydrogens is 176 g/mol. The first-order chi connectivity index (χ1) is 6.52. The molecule has 0 aliphatic heterocycles. The van der Waals surface area contributed by atoms with E-state index in [2.05, 4.69) is 0 Å². The van der Waals surface area contributed by atoms with Crippen molar-refractivity contribution in [3.63, 3.8) is 0 Å². The van der Waals surface area contributed by atoms with E-state index < -0.39 is 0 Å². The smallest absolute Gasteiger partial charge is 0.259 e. The zero-order valence-corrected chi connectivity index (χ0v) is 9.19. The second-order valence-electron chi connectivity index (χ2n) is 3.77. The standard InChI is InChI=1S/C11H17N2O/c1-9(2)13(4)11(14)10-6-5-7-12(3)8-10/h5-9H,1-4H3/q+1. The molecule has 0 fully saturated rings. The van der Waals surface area contributed by atoms with Crippen LogP contribution in [0, 0.1) is 0 Å². The van der Waals surface area contributed by atoms with Crippen molar-refractivity contribution in [3.05, 3.63) is 30.1 Å². The third-order valence-electron chi connectivity index (χ3n) is 2.28. The first-order valence-corrected chi connectivity index (χ1v) is 4.75. The normalized spacial score (nSPS) is 10.4. The molecule has 1 aromatic rings. The fraction of sp³-hybridized carbons (Fsp3) is 0.455. The van der Waals surface area contributed by atoms with Gasteiger partial charge in [-0.1, -0.05) is 0 Å². The SMILES string of the molecule is CC(C)N(C)C(=O)c1ccc[n+](C)c1. The lowest BCUT2D eigenvalue weighted by Gasteiger charge is -2.20. The molecule has 0 bridgehead atoms. The van der Waals surface area contributed by atoms with Crippen molar-refractivity contribution < 1.29 is 9.36 Å². The van der Waals surface area contributed by atoms with Gasteiger partial charge in [-0.25, -0.2) is 4.57 Å². The Labute approximate surface area is 85.0 Å². The molecular formula is C11H17N2O+. The van der Waals surface area contributed by atoms with Crippen LogP contribution in [0.4, 0.5) is 0 Å². The first kappa shape index (κ1) is 10.7. The molecule has 0 saturated heterocycles. The third-order valence-corrected chi connectivity index (χ3v) is 2.28. The number of aryl methyl sites for hydroxylation is 1. The van der Waals surface area contributed by atoms with E-state index in [4.69, 9.17) is 0 Å². The Morgan fingerprint density at radius 1 is 1.50 bits per heavy atom. The molecule has 0 aromatic carbocycles. The van der Waals surface area contributed by atoms with Crippen LogP contribution in [-0.2, 0) is 7.05 Å². The first-order valence-electron chi connectivity index (χ1n) is 4.75. The topological polar surface area (TPSA) is 24.2 Å². The third kappa shape index (κ3) is 2.31. The number of hydrogen-bond acceptors (Lipinski definition) is 1.